The summed E-state index contributed by atoms with van der Waals surface area (Å²) in [5.74, 6) is -4.02. The van der Waals surface area contributed by atoms with Gasteiger partial charge in [0.25, 0.3) is 0 Å². The summed E-state index contributed by atoms with van der Waals surface area (Å²) in [5, 5.41) is 59.2. The number of rotatable bonds is 6. The fraction of sp³-hybridized carbons (Fsp3) is 0.300. The van der Waals surface area contributed by atoms with Crippen molar-refractivity contribution in [3.05, 3.63) is 41.5 Å². The van der Waals surface area contributed by atoms with Gasteiger partial charge in [0.1, 0.15) is 40.4 Å². The minimum absolute atomic E-state index is 0.206. The predicted molar refractivity (Wildman–Crippen MR) is 101 cm³/mol. The molecule has 0 saturated carbocycles. The van der Waals surface area contributed by atoms with E-state index in [1.807, 2.05) is 0 Å². The van der Waals surface area contributed by atoms with Crippen molar-refractivity contribution in [2.24, 2.45) is 0 Å². The Kier molecular flexibility index (Phi) is 6.20. The van der Waals surface area contributed by atoms with E-state index in [9.17, 15) is 40.2 Å². The zero-order valence-electron chi connectivity index (χ0n) is 16.1. The Hall–Kier alpha value is -3.54. The summed E-state index contributed by atoms with van der Waals surface area (Å²) in [6.07, 6.45) is -5.50. The number of esters is 1. The van der Waals surface area contributed by atoms with Crippen molar-refractivity contribution in [2.75, 3.05) is 6.61 Å². The Balaban J connectivity index is 1.97. The summed E-state index contributed by atoms with van der Waals surface area (Å²) >= 11 is 0. The molecular weight excluding hydrogens is 416 g/mol. The number of ether oxygens (including phenoxy) is 3. The Bertz CT molecular complexity index is 983. The number of phenolic OH excluding ortho intramolecular Hbond substituents is 4. The van der Waals surface area contributed by atoms with E-state index in [1.54, 1.807) is 0 Å². The van der Waals surface area contributed by atoms with Gasteiger partial charge in [-0.25, -0.2) is 0 Å². The van der Waals surface area contributed by atoms with Crippen molar-refractivity contribution >= 4 is 11.8 Å². The molecule has 1 aliphatic rings. The molecule has 3 rings (SSSR count). The van der Waals surface area contributed by atoms with Gasteiger partial charge in [0.15, 0.2) is 12.2 Å². The molecule has 0 spiro atoms. The van der Waals surface area contributed by atoms with E-state index in [0.29, 0.717) is 0 Å². The molecule has 0 bridgehead atoms. The molecule has 1 aliphatic heterocycles. The van der Waals surface area contributed by atoms with Gasteiger partial charge in [0.05, 0.1) is 6.61 Å². The molecule has 4 atom stereocenters. The van der Waals surface area contributed by atoms with Crippen LogP contribution < -0.4 is 4.74 Å². The van der Waals surface area contributed by atoms with Crippen LogP contribution in [0.3, 0.4) is 0 Å². The first kappa shape index (κ1) is 22.2. The first-order valence-electron chi connectivity index (χ1n) is 9.02. The fourth-order valence-corrected chi connectivity index (χ4v) is 3.19. The Labute approximate surface area is 175 Å². The van der Waals surface area contributed by atoms with Crippen LogP contribution in [-0.2, 0) is 14.3 Å². The van der Waals surface area contributed by atoms with E-state index >= 15 is 0 Å². The number of ketones is 1. The third-order valence-corrected chi connectivity index (χ3v) is 4.47. The van der Waals surface area contributed by atoms with Gasteiger partial charge in [0.2, 0.25) is 12.1 Å². The second-order valence-corrected chi connectivity index (χ2v) is 6.81. The number of carbonyl (C=O) groups excluding carboxylic acids is 2. The molecule has 0 unspecified atom stereocenters. The normalized spacial score (nSPS) is 22.8. The molecular formula is C20H20O11. The number of aromatic hydroxyl groups is 4. The van der Waals surface area contributed by atoms with Crippen LogP contribution in [0.15, 0.2) is 30.3 Å². The second-order valence-electron chi connectivity index (χ2n) is 6.81. The van der Waals surface area contributed by atoms with E-state index in [0.717, 1.165) is 37.3 Å². The molecule has 2 aromatic rings. The van der Waals surface area contributed by atoms with Crippen molar-refractivity contribution in [3.8, 4) is 28.7 Å². The molecule has 31 heavy (non-hydrogen) atoms. The second kappa shape index (κ2) is 8.68. The highest BCUT2D eigenvalue weighted by atomic mass is 16.7. The predicted octanol–water partition coefficient (Wildman–Crippen LogP) is 0.129. The highest BCUT2D eigenvalue weighted by Gasteiger charge is 2.47. The van der Waals surface area contributed by atoms with Gasteiger partial charge in [-0.1, -0.05) is 0 Å². The van der Waals surface area contributed by atoms with Crippen molar-refractivity contribution in [1.82, 2.24) is 0 Å². The number of aliphatic hydroxyl groups is 2. The average Bonchev–Trinajstić information content (AvgIpc) is 2.95. The highest BCUT2D eigenvalue weighted by molar-refractivity contribution is 6.13. The lowest BCUT2D eigenvalue weighted by molar-refractivity contribution is -0.153. The Morgan fingerprint density at radius 1 is 1.00 bits per heavy atom. The lowest BCUT2D eigenvalue weighted by Crippen LogP contribution is -2.39. The molecule has 11 nitrogen and oxygen atoms in total. The summed E-state index contributed by atoms with van der Waals surface area (Å²) in [6.45, 7) is 0.485. The van der Waals surface area contributed by atoms with E-state index in [4.69, 9.17) is 14.2 Å². The molecule has 0 radical (unpaired) electrons. The quantitative estimate of drug-likeness (QED) is 0.267. The van der Waals surface area contributed by atoms with Gasteiger partial charge < -0.3 is 44.8 Å². The molecule has 166 valence electrons. The summed E-state index contributed by atoms with van der Waals surface area (Å²) in [5.41, 5.74) is -0.669. The van der Waals surface area contributed by atoms with Gasteiger partial charge in [-0.05, 0) is 12.1 Å². The first-order valence-corrected chi connectivity index (χ1v) is 9.02. The number of hydrogen-bond donors (Lipinski definition) is 6. The standard InChI is InChI=1S/C20H20O11/c1-8(22)29-19-15(7-21)31-20(18(19)28)30-14-6-12(25)5-13(26)16(14)17(27)9-2-10(23)4-11(24)3-9/h2-6,15,18-21,23-26,28H,7H2,1H3/t15-,18+,19-,20-/m1/s1. The van der Waals surface area contributed by atoms with Crippen molar-refractivity contribution in [2.45, 2.75) is 31.5 Å². The molecule has 0 amide bonds. The average molecular weight is 436 g/mol. The molecule has 1 heterocycles. The number of aliphatic hydroxyl groups excluding tert-OH is 2. The third-order valence-electron chi connectivity index (χ3n) is 4.47. The van der Waals surface area contributed by atoms with Gasteiger partial charge in [0, 0.05) is 30.7 Å². The zero-order chi connectivity index (χ0) is 22.9. The molecule has 0 aromatic heterocycles. The summed E-state index contributed by atoms with van der Waals surface area (Å²) in [7, 11) is 0. The minimum Gasteiger partial charge on any atom is -0.508 e. The van der Waals surface area contributed by atoms with Crippen LogP contribution in [0.5, 0.6) is 28.7 Å². The van der Waals surface area contributed by atoms with E-state index in [1.165, 1.54) is 0 Å². The molecule has 1 fully saturated rings. The fourth-order valence-electron chi connectivity index (χ4n) is 3.19. The topological polar surface area (TPSA) is 183 Å². The summed E-state index contributed by atoms with van der Waals surface area (Å²) in [4.78, 5) is 24.2. The molecule has 0 aliphatic carbocycles. The van der Waals surface area contributed by atoms with E-state index in [-0.39, 0.29) is 5.56 Å². The number of benzene rings is 2. The lowest BCUT2D eigenvalue weighted by atomic mass is 10.0. The Morgan fingerprint density at radius 3 is 2.19 bits per heavy atom. The number of carbonyl (C=O) groups is 2. The SMILES string of the molecule is CC(=O)O[C@H]1[C@H](O)[C@H](Oc2cc(O)cc(O)c2C(=O)c2cc(O)cc(O)c2)O[C@@H]1CO. The summed E-state index contributed by atoms with van der Waals surface area (Å²) < 4.78 is 15.8. The molecule has 2 aromatic carbocycles. The maximum absolute atomic E-state index is 12.9. The molecule has 11 heteroatoms. The molecule has 1 saturated heterocycles. The smallest absolute Gasteiger partial charge is 0.303 e. The lowest BCUT2D eigenvalue weighted by Gasteiger charge is -2.20. The Morgan fingerprint density at radius 2 is 1.61 bits per heavy atom. The van der Waals surface area contributed by atoms with Gasteiger partial charge >= 0.3 is 5.97 Å². The van der Waals surface area contributed by atoms with Crippen LogP contribution in [0, 0.1) is 0 Å². The van der Waals surface area contributed by atoms with Crippen LogP contribution in [0.4, 0.5) is 0 Å². The first-order chi connectivity index (χ1) is 14.6. The number of hydrogen-bond acceptors (Lipinski definition) is 11. The van der Waals surface area contributed by atoms with Crippen molar-refractivity contribution in [1.29, 1.82) is 0 Å². The molecule has 6 N–H and O–H groups in total. The van der Waals surface area contributed by atoms with Crippen LogP contribution in [-0.4, -0.2) is 73.6 Å². The van der Waals surface area contributed by atoms with Crippen LogP contribution in [0.25, 0.3) is 0 Å². The highest BCUT2D eigenvalue weighted by Crippen LogP contribution is 2.38. The van der Waals surface area contributed by atoms with Crippen LogP contribution >= 0.6 is 0 Å². The van der Waals surface area contributed by atoms with Crippen molar-refractivity contribution < 1.29 is 54.4 Å². The third kappa shape index (κ3) is 4.63. The van der Waals surface area contributed by atoms with Gasteiger partial charge in [-0.3, -0.25) is 9.59 Å². The largest absolute Gasteiger partial charge is 0.508 e. The summed E-state index contributed by atoms with van der Waals surface area (Å²) in [6, 6.07) is 4.92. The minimum atomic E-state index is -1.57. The maximum Gasteiger partial charge on any atom is 0.303 e. The van der Waals surface area contributed by atoms with Crippen molar-refractivity contribution in [3.63, 3.8) is 0 Å². The van der Waals surface area contributed by atoms with Crippen LogP contribution in [0.2, 0.25) is 0 Å². The van der Waals surface area contributed by atoms with Gasteiger partial charge in [-0.2, -0.15) is 0 Å². The maximum atomic E-state index is 12.9. The number of phenols is 4. The monoisotopic (exact) mass is 436 g/mol. The van der Waals surface area contributed by atoms with E-state index in [2.05, 4.69) is 0 Å². The zero-order valence-corrected chi connectivity index (χ0v) is 16.1. The van der Waals surface area contributed by atoms with Gasteiger partial charge in [-0.15, -0.1) is 0 Å². The van der Waals surface area contributed by atoms with Crippen LogP contribution in [0.1, 0.15) is 22.8 Å². The van der Waals surface area contributed by atoms with E-state index < -0.39 is 77.3 Å².